The van der Waals surface area contributed by atoms with Gasteiger partial charge in [0.05, 0.1) is 0 Å². The second-order valence-electron chi connectivity index (χ2n) is 10.9. The van der Waals surface area contributed by atoms with Crippen LogP contribution in [0.2, 0.25) is 0 Å². The molecule has 2 rings (SSSR count). The van der Waals surface area contributed by atoms with Crippen LogP contribution in [0.25, 0.3) is 0 Å². The van der Waals surface area contributed by atoms with E-state index in [-0.39, 0.29) is 16.7 Å². The molecule has 0 aliphatic carbocycles. The minimum Gasteiger partial charge on any atom is -0.143 e. The minimum atomic E-state index is 0.120. The number of hydrogen-bond acceptors (Lipinski definition) is 2. The zero-order chi connectivity index (χ0) is 24.3. The predicted octanol–water partition coefficient (Wildman–Crippen LogP) is 9.70. The summed E-state index contributed by atoms with van der Waals surface area (Å²) < 4.78 is 0. The summed E-state index contributed by atoms with van der Waals surface area (Å²) in [5.74, 6) is 0.250. The lowest BCUT2D eigenvalue weighted by Gasteiger charge is -2.32. The molecule has 0 saturated carbocycles. The molecule has 178 valence electrons. The van der Waals surface area contributed by atoms with Gasteiger partial charge < -0.3 is 0 Å². The van der Waals surface area contributed by atoms with E-state index < -0.39 is 0 Å². The van der Waals surface area contributed by atoms with E-state index in [4.69, 9.17) is 25.3 Å². The van der Waals surface area contributed by atoms with Gasteiger partial charge in [-0.05, 0) is 69.9 Å². The monoisotopic (exact) mass is 470 g/mol. The standard InChI is InChI=1S/C30H46S2/c1-10-14-29(6,7)25-18-21(12-3)16-23(27(25)31)20(5)24-17-22(13-4)19-26(28(24)32)30(8,9)15-11-2/h16-20,31-32H,10-15H2,1-9H3. The van der Waals surface area contributed by atoms with Gasteiger partial charge in [-0.15, -0.1) is 25.3 Å². The lowest BCUT2D eigenvalue weighted by atomic mass is 9.76. The fourth-order valence-corrected chi connectivity index (χ4v) is 6.48. The topological polar surface area (TPSA) is 0 Å². The highest BCUT2D eigenvalue weighted by atomic mass is 32.1. The Bertz CT molecular complexity index is 845. The molecular weight excluding hydrogens is 424 g/mol. The van der Waals surface area contributed by atoms with Crippen molar-refractivity contribution >= 4 is 25.3 Å². The molecule has 0 aliphatic heterocycles. The summed E-state index contributed by atoms with van der Waals surface area (Å²) in [6.45, 7) is 20.9. The van der Waals surface area contributed by atoms with Crippen molar-refractivity contribution in [3.05, 3.63) is 57.6 Å². The SMILES string of the molecule is CCCC(C)(C)c1cc(CC)cc(C(C)c2cc(CC)cc(C(C)(C)CCC)c2S)c1S. The molecule has 0 aliphatic rings. The fraction of sp³-hybridized carbons (Fsp3) is 0.600. The van der Waals surface area contributed by atoms with Crippen molar-refractivity contribution in [3.8, 4) is 0 Å². The normalized spacial score (nSPS) is 12.6. The Morgan fingerprint density at radius 1 is 0.656 bits per heavy atom. The van der Waals surface area contributed by atoms with Gasteiger partial charge >= 0.3 is 0 Å². The highest BCUT2D eigenvalue weighted by Crippen LogP contribution is 2.43. The third kappa shape index (κ3) is 5.79. The quantitative estimate of drug-likeness (QED) is 0.317. The molecule has 0 radical (unpaired) electrons. The first-order valence-electron chi connectivity index (χ1n) is 12.7. The maximum Gasteiger partial charge on any atom is 0.0116 e. The summed E-state index contributed by atoms with van der Waals surface area (Å²) in [4.78, 5) is 2.33. The van der Waals surface area contributed by atoms with Crippen LogP contribution in [0.4, 0.5) is 0 Å². The Kier molecular flexibility index (Phi) is 9.45. The van der Waals surface area contributed by atoms with Gasteiger partial charge in [0.1, 0.15) is 0 Å². The fourth-order valence-electron chi connectivity index (χ4n) is 5.23. The highest BCUT2D eigenvalue weighted by Gasteiger charge is 2.29. The van der Waals surface area contributed by atoms with Gasteiger partial charge in [0.15, 0.2) is 0 Å². The Balaban J connectivity index is 2.73. The molecule has 0 spiro atoms. The molecule has 2 aromatic rings. The van der Waals surface area contributed by atoms with Crippen molar-refractivity contribution in [1.82, 2.24) is 0 Å². The highest BCUT2D eigenvalue weighted by molar-refractivity contribution is 7.80. The van der Waals surface area contributed by atoms with E-state index in [0.29, 0.717) is 0 Å². The van der Waals surface area contributed by atoms with Gasteiger partial charge in [0, 0.05) is 15.7 Å². The van der Waals surface area contributed by atoms with Crippen molar-refractivity contribution in [2.24, 2.45) is 0 Å². The largest absolute Gasteiger partial charge is 0.143 e. The zero-order valence-electron chi connectivity index (χ0n) is 22.0. The van der Waals surface area contributed by atoms with E-state index in [9.17, 15) is 0 Å². The molecular formula is C30H46S2. The second kappa shape index (κ2) is 11.0. The minimum absolute atomic E-state index is 0.120. The molecule has 0 saturated heterocycles. The Labute approximate surface area is 209 Å². The lowest BCUT2D eigenvalue weighted by molar-refractivity contribution is 0.462. The summed E-state index contributed by atoms with van der Waals surface area (Å²) in [6.07, 6.45) is 6.77. The van der Waals surface area contributed by atoms with Crippen LogP contribution in [-0.4, -0.2) is 0 Å². The average Bonchev–Trinajstić information content (AvgIpc) is 2.73. The molecule has 0 aromatic heterocycles. The Morgan fingerprint density at radius 3 is 1.28 bits per heavy atom. The molecule has 0 bridgehead atoms. The van der Waals surface area contributed by atoms with Crippen molar-refractivity contribution in [3.63, 3.8) is 0 Å². The molecule has 0 N–H and O–H groups in total. The van der Waals surface area contributed by atoms with E-state index in [1.807, 2.05) is 0 Å². The number of aryl methyl sites for hydroxylation is 2. The first-order valence-corrected chi connectivity index (χ1v) is 13.5. The molecule has 0 amide bonds. The third-order valence-corrected chi connectivity index (χ3v) is 8.35. The summed E-state index contributed by atoms with van der Waals surface area (Å²) >= 11 is 10.3. The van der Waals surface area contributed by atoms with Crippen LogP contribution in [-0.2, 0) is 23.7 Å². The van der Waals surface area contributed by atoms with Crippen LogP contribution < -0.4 is 0 Å². The maximum absolute atomic E-state index is 5.15. The lowest BCUT2D eigenvalue weighted by Crippen LogP contribution is -2.20. The van der Waals surface area contributed by atoms with Crippen LogP contribution >= 0.6 is 25.3 Å². The van der Waals surface area contributed by atoms with Crippen LogP contribution in [0.1, 0.15) is 127 Å². The molecule has 32 heavy (non-hydrogen) atoms. The van der Waals surface area contributed by atoms with Gasteiger partial charge in [-0.2, -0.15) is 0 Å². The van der Waals surface area contributed by atoms with Gasteiger partial charge in [-0.25, -0.2) is 0 Å². The van der Waals surface area contributed by atoms with Crippen molar-refractivity contribution < 1.29 is 0 Å². The van der Waals surface area contributed by atoms with E-state index >= 15 is 0 Å². The van der Waals surface area contributed by atoms with Gasteiger partial charge in [0.25, 0.3) is 0 Å². The van der Waals surface area contributed by atoms with Gasteiger partial charge in [-0.1, -0.05) is 99.4 Å². The molecule has 0 heterocycles. The van der Waals surface area contributed by atoms with E-state index in [2.05, 4.69) is 86.6 Å². The average molecular weight is 471 g/mol. The summed E-state index contributed by atoms with van der Waals surface area (Å²) in [5, 5.41) is 0. The molecule has 0 fully saturated rings. The predicted molar refractivity (Wildman–Crippen MR) is 150 cm³/mol. The maximum atomic E-state index is 5.15. The van der Waals surface area contributed by atoms with Crippen LogP contribution in [0.5, 0.6) is 0 Å². The molecule has 2 heteroatoms. The Morgan fingerprint density at radius 2 is 1.00 bits per heavy atom. The van der Waals surface area contributed by atoms with Gasteiger partial charge in [-0.3, -0.25) is 0 Å². The van der Waals surface area contributed by atoms with Crippen molar-refractivity contribution in [2.45, 2.75) is 127 Å². The first kappa shape index (κ1) is 27.4. The summed E-state index contributed by atoms with van der Waals surface area (Å²) in [7, 11) is 0. The van der Waals surface area contributed by atoms with E-state index in [1.54, 1.807) is 0 Å². The number of hydrogen-bond donors (Lipinski definition) is 2. The molecule has 0 unspecified atom stereocenters. The van der Waals surface area contributed by atoms with Gasteiger partial charge in [0.2, 0.25) is 0 Å². The van der Waals surface area contributed by atoms with Crippen LogP contribution in [0.3, 0.4) is 0 Å². The number of benzene rings is 2. The summed E-state index contributed by atoms with van der Waals surface area (Å²) in [5.41, 5.74) is 8.52. The molecule has 2 aromatic carbocycles. The zero-order valence-corrected chi connectivity index (χ0v) is 23.8. The molecule has 0 atom stereocenters. The first-order chi connectivity index (χ1) is 14.9. The summed E-state index contributed by atoms with van der Waals surface area (Å²) in [6, 6.07) is 9.57. The molecule has 0 nitrogen and oxygen atoms in total. The number of thiol groups is 2. The van der Waals surface area contributed by atoms with Crippen molar-refractivity contribution in [1.29, 1.82) is 0 Å². The van der Waals surface area contributed by atoms with E-state index in [0.717, 1.165) is 22.6 Å². The third-order valence-electron chi connectivity index (χ3n) is 7.36. The van der Waals surface area contributed by atoms with Crippen LogP contribution in [0, 0.1) is 0 Å². The number of rotatable bonds is 10. The Hall–Kier alpha value is -0.860. The smallest absolute Gasteiger partial charge is 0.0116 e. The second-order valence-corrected chi connectivity index (χ2v) is 11.8. The van der Waals surface area contributed by atoms with Crippen molar-refractivity contribution in [2.75, 3.05) is 0 Å². The van der Waals surface area contributed by atoms with E-state index in [1.165, 1.54) is 59.1 Å². The van der Waals surface area contributed by atoms with Crippen LogP contribution in [0.15, 0.2) is 34.1 Å².